The van der Waals surface area contributed by atoms with Crippen molar-refractivity contribution in [2.75, 3.05) is 26.8 Å². The smallest absolute Gasteiger partial charge is 0.191 e. The Bertz CT molecular complexity index is 648. The van der Waals surface area contributed by atoms with Gasteiger partial charge in [0.15, 0.2) is 5.96 Å². The SMILES string of the molecule is CCOCCNC(=NC)NCc1ccc(COCc2ccccc2)cc1.I. The Morgan fingerprint density at radius 1 is 0.852 bits per heavy atom. The lowest BCUT2D eigenvalue weighted by molar-refractivity contribution is 0.107. The molecular weight excluding hydrogens is 453 g/mol. The van der Waals surface area contributed by atoms with Gasteiger partial charge in [-0.05, 0) is 23.6 Å². The minimum Gasteiger partial charge on any atom is -0.380 e. The molecule has 0 fully saturated rings. The number of aliphatic imine (C=N–C) groups is 1. The van der Waals surface area contributed by atoms with Gasteiger partial charge in [-0.3, -0.25) is 4.99 Å². The summed E-state index contributed by atoms with van der Waals surface area (Å²) in [5.41, 5.74) is 3.56. The van der Waals surface area contributed by atoms with Crippen LogP contribution >= 0.6 is 24.0 Å². The lowest BCUT2D eigenvalue weighted by Gasteiger charge is -2.12. The number of benzene rings is 2. The van der Waals surface area contributed by atoms with Crippen LogP contribution < -0.4 is 10.6 Å². The summed E-state index contributed by atoms with van der Waals surface area (Å²) < 4.78 is 11.1. The topological polar surface area (TPSA) is 54.9 Å². The summed E-state index contributed by atoms with van der Waals surface area (Å²) in [6.45, 7) is 6.11. The number of hydrogen-bond donors (Lipinski definition) is 2. The van der Waals surface area contributed by atoms with Crippen molar-refractivity contribution in [3.63, 3.8) is 0 Å². The molecule has 5 nitrogen and oxygen atoms in total. The molecule has 2 aromatic rings. The third kappa shape index (κ3) is 9.74. The first-order chi connectivity index (χ1) is 12.8. The lowest BCUT2D eigenvalue weighted by Crippen LogP contribution is -2.38. The van der Waals surface area contributed by atoms with Gasteiger partial charge in [-0.2, -0.15) is 0 Å². The van der Waals surface area contributed by atoms with Crippen LogP contribution in [0.1, 0.15) is 23.6 Å². The van der Waals surface area contributed by atoms with Crippen molar-refractivity contribution in [3.8, 4) is 0 Å². The molecule has 0 amide bonds. The summed E-state index contributed by atoms with van der Waals surface area (Å²) in [5.74, 6) is 0.778. The molecule has 0 aliphatic heterocycles. The summed E-state index contributed by atoms with van der Waals surface area (Å²) in [4.78, 5) is 4.21. The summed E-state index contributed by atoms with van der Waals surface area (Å²) in [6, 6.07) is 18.7. The molecule has 0 aromatic heterocycles. The van der Waals surface area contributed by atoms with Gasteiger partial charge in [0.2, 0.25) is 0 Å². The first kappa shape index (κ1) is 23.4. The van der Waals surface area contributed by atoms with E-state index in [0.29, 0.717) is 19.8 Å². The van der Waals surface area contributed by atoms with Crippen molar-refractivity contribution < 1.29 is 9.47 Å². The molecule has 6 heteroatoms. The van der Waals surface area contributed by atoms with Gasteiger partial charge in [0.05, 0.1) is 19.8 Å². The third-order valence-electron chi connectivity index (χ3n) is 3.83. The van der Waals surface area contributed by atoms with Crippen molar-refractivity contribution in [2.24, 2.45) is 4.99 Å². The second kappa shape index (κ2) is 14.4. The average Bonchev–Trinajstić information content (AvgIpc) is 2.69. The van der Waals surface area contributed by atoms with Gasteiger partial charge in [-0.15, -0.1) is 24.0 Å². The Balaban J connectivity index is 0.00000364. The van der Waals surface area contributed by atoms with Gasteiger partial charge >= 0.3 is 0 Å². The molecule has 0 spiro atoms. The fourth-order valence-corrected chi connectivity index (χ4v) is 2.41. The molecule has 0 unspecified atom stereocenters. The number of rotatable bonds is 10. The average molecular weight is 483 g/mol. The Hall–Kier alpha value is -1.64. The highest BCUT2D eigenvalue weighted by atomic mass is 127. The second-order valence-corrected chi connectivity index (χ2v) is 5.84. The number of hydrogen-bond acceptors (Lipinski definition) is 3. The van der Waals surface area contributed by atoms with Crippen molar-refractivity contribution in [1.82, 2.24) is 10.6 Å². The molecule has 0 aliphatic carbocycles. The first-order valence-electron chi connectivity index (χ1n) is 9.03. The van der Waals surface area contributed by atoms with Crippen LogP contribution in [0.4, 0.5) is 0 Å². The predicted molar refractivity (Wildman–Crippen MR) is 121 cm³/mol. The summed E-state index contributed by atoms with van der Waals surface area (Å²) in [6.07, 6.45) is 0. The van der Waals surface area contributed by atoms with Crippen molar-refractivity contribution in [1.29, 1.82) is 0 Å². The molecule has 0 atom stereocenters. The molecule has 2 rings (SSSR count). The quantitative estimate of drug-likeness (QED) is 0.234. The maximum atomic E-state index is 5.77. The van der Waals surface area contributed by atoms with Crippen LogP contribution in [0.3, 0.4) is 0 Å². The number of halogens is 1. The molecule has 0 radical (unpaired) electrons. The van der Waals surface area contributed by atoms with Crippen LogP contribution in [-0.2, 0) is 29.2 Å². The van der Waals surface area contributed by atoms with Gasteiger partial charge in [-0.25, -0.2) is 0 Å². The van der Waals surface area contributed by atoms with Crippen LogP contribution in [0.15, 0.2) is 59.6 Å². The maximum absolute atomic E-state index is 5.77. The zero-order chi connectivity index (χ0) is 18.5. The van der Waals surface area contributed by atoms with E-state index in [4.69, 9.17) is 9.47 Å². The summed E-state index contributed by atoms with van der Waals surface area (Å²) >= 11 is 0. The molecule has 0 saturated carbocycles. The number of ether oxygens (including phenoxy) is 2. The monoisotopic (exact) mass is 483 g/mol. The molecule has 2 N–H and O–H groups in total. The van der Waals surface area contributed by atoms with E-state index in [0.717, 1.165) is 25.7 Å². The molecular formula is C21H30IN3O2. The van der Waals surface area contributed by atoms with E-state index in [1.807, 2.05) is 25.1 Å². The van der Waals surface area contributed by atoms with E-state index >= 15 is 0 Å². The second-order valence-electron chi connectivity index (χ2n) is 5.84. The first-order valence-corrected chi connectivity index (χ1v) is 9.03. The van der Waals surface area contributed by atoms with E-state index in [1.165, 1.54) is 16.7 Å². The van der Waals surface area contributed by atoms with Crippen molar-refractivity contribution in [2.45, 2.75) is 26.7 Å². The van der Waals surface area contributed by atoms with Crippen LogP contribution in [-0.4, -0.2) is 32.8 Å². The van der Waals surface area contributed by atoms with Gasteiger partial charge in [0.1, 0.15) is 0 Å². The number of guanidine groups is 1. The largest absolute Gasteiger partial charge is 0.380 e. The van der Waals surface area contributed by atoms with E-state index in [-0.39, 0.29) is 24.0 Å². The van der Waals surface area contributed by atoms with E-state index in [9.17, 15) is 0 Å². The molecule has 0 saturated heterocycles. The van der Waals surface area contributed by atoms with Crippen molar-refractivity contribution >= 4 is 29.9 Å². The van der Waals surface area contributed by atoms with Gasteiger partial charge in [0, 0.05) is 26.7 Å². The molecule has 148 valence electrons. The highest BCUT2D eigenvalue weighted by Gasteiger charge is 2.00. The highest BCUT2D eigenvalue weighted by molar-refractivity contribution is 14.0. The van der Waals surface area contributed by atoms with Crippen LogP contribution in [0.2, 0.25) is 0 Å². The summed E-state index contributed by atoms with van der Waals surface area (Å²) in [7, 11) is 1.77. The Kier molecular flexibility index (Phi) is 12.5. The molecule has 0 aliphatic rings. The fourth-order valence-electron chi connectivity index (χ4n) is 2.41. The molecule has 2 aromatic carbocycles. The Labute approximate surface area is 179 Å². The van der Waals surface area contributed by atoms with Crippen molar-refractivity contribution in [3.05, 3.63) is 71.3 Å². The predicted octanol–water partition coefficient (Wildman–Crippen LogP) is 3.72. The van der Waals surface area contributed by atoms with Gasteiger partial charge in [-0.1, -0.05) is 54.6 Å². The number of nitrogens with zero attached hydrogens (tertiary/aromatic N) is 1. The van der Waals surface area contributed by atoms with E-state index in [1.54, 1.807) is 7.05 Å². The minimum atomic E-state index is 0. The van der Waals surface area contributed by atoms with E-state index in [2.05, 4.69) is 52.0 Å². The zero-order valence-corrected chi connectivity index (χ0v) is 18.4. The standard InChI is InChI=1S/C21H29N3O2.HI/c1-3-25-14-13-23-21(22-2)24-15-18-9-11-20(12-10-18)17-26-16-19-7-5-4-6-8-19;/h4-12H,3,13-17H2,1-2H3,(H2,22,23,24);1H. The maximum Gasteiger partial charge on any atom is 0.191 e. The van der Waals surface area contributed by atoms with Gasteiger partial charge < -0.3 is 20.1 Å². The normalized spacial score (nSPS) is 11.0. The molecule has 27 heavy (non-hydrogen) atoms. The Morgan fingerprint density at radius 2 is 1.48 bits per heavy atom. The molecule has 0 bridgehead atoms. The fraction of sp³-hybridized carbons (Fsp3) is 0.381. The zero-order valence-electron chi connectivity index (χ0n) is 16.1. The summed E-state index contributed by atoms with van der Waals surface area (Å²) in [5, 5.41) is 6.52. The van der Waals surface area contributed by atoms with Crippen LogP contribution in [0.25, 0.3) is 0 Å². The number of nitrogens with one attached hydrogen (secondary N) is 2. The van der Waals surface area contributed by atoms with Gasteiger partial charge in [0.25, 0.3) is 0 Å². The van der Waals surface area contributed by atoms with Crippen LogP contribution in [0.5, 0.6) is 0 Å². The lowest BCUT2D eigenvalue weighted by atomic mass is 10.1. The molecule has 0 heterocycles. The van der Waals surface area contributed by atoms with Crippen LogP contribution in [0, 0.1) is 0 Å². The minimum absolute atomic E-state index is 0. The Morgan fingerprint density at radius 3 is 2.11 bits per heavy atom. The van der Waals surface area contributed by atoms with E-state index < -0.39 is 0 Å². The highest BCUT2D eigenvalue weighted by Crippen LogP contribution is 2.08. The third-order valence-corrected chi connectivity index (χ3v) is 3.83.